The number of nitrogens with zero attached hydrogens (tertiary/aromatic N) is 4. The first kappa shape index (κ1) is 46.0. The Kier molecular flexibility index (Phi) is 14.9. The van der Waals surface area contributed by atoms with E-state index in [2.05, 4.69) is 50.0 Å². The molecule has 1 heterocycles. The summed E-state index contributed by atoms with van der Waals surface area (Å²) in [5.41, 5.74) is 6.31. The molecule has 4 aromatic rings. The highest BCUT2D eigenvalue weighted by Gasteiger charge is 2.43. The maximum atomic E-state index is 12.8. The van der Waals surface area contributed by atoms with Crippen LogP contribution in [-0.2, 0) is 19.8 Å². The van der Waals surface area contributed by atoms with Gasteiger partial charge in [0.1, 0.15) is 37.0 Å². The van der Waals surface area contributed by atoms with Crippen LogP contribution in [-0.4, -0.2) is 38.2 Å². The fourth-order valence-corrected chi connectivity index (χ4v) is 7.73. The van der Waals surface area contributed by atoms with Gasteiger partial charge in [0.25, 0.3) is 0 Å². The number of esters is 2. The van der Waals surface area contributed by atoms with Gasteiger partial charge in [0.15, 0.2) is 16.9 Å². The van der Waals surface area contributed by atoms with Gasteiger partial charge in [-0.1, -0.05) is 105 Å². The van der Waals surface area contributed by atoms with E-state index in [0.29, 0.717) is 40.9 Å². The molecule has 0 bridgehead atoms. The van der Waals surface area contributed by atoms with Gasteiger partial charge in [-0.2, -0.15) is 15.8 Å². The van der Waals surface area contributed by atoms with Gasteiger partial charge in [-0.3, -0.25) is 0 Å². The van der Waals surface area contributed by atoms with E-state index >= 15 is 0 Å². The van der Waals surface area contributed by atoms with Crippen LogP contribution in [0.25, 0.3) is 6.08 Å². The van der Waals surface area contributed by atoms with E-state index in [4.69, 9.17) is 27.1 Å². The van der Waals surface area contributed by atoms with E-state index in [0.717, 1.165) is 40.8 Å². The maximum absolute atomic E-state index is 12.8. The van der Waals surface area contributed by atoms with Gasteiger partial charge < -0.3 is 19.1 Å². The summed E-state index contributed by atoms with van der Waals surface area (Å²) < 4.78 is 17.5. The van der Waals surface area contributed by atoms with E-state index in [1.165, 1.54) is 0 Å². The third-order valence-corrected chi connectivity index (χ3v) is 11.0. The Hall–Kier alpha value is -8.55. The number of nitriles is 3. The van der Waals surface area contributed by atoms with Crippen LogP contribution in [0.15, 0.2) is 167 Å². The first-order valence-electron chi connectivity index (χ1n) is 20.9. The lowest BCUT2D eigenvalue weighted by atomic mass is 9.75. The molecular weight excluding hydrogens is 809 g/mol. The van der Waals surface area contributed by atoms with E-state index in [9.17, 15) is 25.4 Å². The van der Waals surface area contributed by atoms with Gasteiger partial charge in [-0.05, 0) is 108 Å². The van der Waals surface area contributed by atoms with E-state index in [1.807, 2.05) is 96.8 Å². The number of allylic oxidation sites excluding steroid dienone is 8. The van der Waals surface area contributed by atoms with Crippen molar-refractivity contribution in [3.63, 3.8) is 0 Å². The summed E-state index contributed by atoms with van der Waals surface area (Å²) in [4.78, 5) is 27.6. The van der Waals surface area contributed by atoms with Crippen LogP contribution in [0.4, 0.5) is 5.69 Å². The Morgan fingerprint density at radius 2 is 1.31 bits per heavy atom. The quantitative estimate of drug-likeness (QED) is 0.0689. The van der Waals surface area contributed by atoms with Gasteiger partial charge in [0, 0.05) is 22.4 Å². The number of anilines is 1. The maximum Gasteiger partial charge on any atom is 0.338 e. The lowest BCUT2D eigenvalue weighted by Gasteiger charge is -2.30. The Morgan fingerprint density at radius 3 is 1.83 bits per heavy atom. The Bertz CT molecular complexity index is 2750. The van der Waals surface area contributed by atoms with E-state index in [-0.39, 0.29) is 35.5 Å². The smallest absolute Gasteiger partial charge is 0.338 e. The van der Waals surface area contributed by atoms with E-state index < -0.39 is 17.5 Å². The monoisotopic (exact) mass is 854 g/mol. The number of terminal acetylenes is 2. The molecule has 0 fully saturated rings. The molecule has 1 atom stereocenters. The molecule has 6 rings (SSSR count). The lowest BCUT2D eigenvalue weighted by Crippen LogP contribution is -2.32. The van der Waals surface area contributed by atoms with Crippen LogP contribution in [0.5, 0.6) is 0 Å². The molecule has 0 saturated carbocycles. The minimum Gasteiger partial charge on any atom is -0.474 e. The Morgan fingerprint density at radius 1 is 0.738 bits per heavy atom. The van der Waals surface area contributed by atoms with Crippen molar-refractivity contribution in [2.24, 2.45) is 5.41 Å². The molecule has 320 valence electrons. The number of rotatable bonds is 14. The molecule has 9 nitrogen and oxygen atoms in total. The number of carbonyl (C=O) groups excluding carboxylic acids is 2. The standard InChI is InChI=1S/C56H46N4O5/c1-6-40-18-24-45(25-19-40)53(61)63-32-30-60(31-33-64-54(62)46-26-20-41(7-2)21-27-46)49-28-22-42(23-29-49)16-17-44-34-43(35-55(3,4)36-44)12-11-15-51-50(39-59)52(47(37-57)38-58)65-56(51,5)48-13-9-8-10-14-48/h1-2,8-29,34H,30-33,35-36H2,3-5H3/b15-11+,17-16+,43-12-. The second-order valence-electron chi connectivity index (χ2n) is 16.3. The molecule has 0 amide bonds. The average Bonchev–Trinajstić information content (AvgIpc) is 3.61. The van der Waals surface area contributed by atoms with Gasteiger partial charge in [-0.25, -0.2) is 9.59 Å². The number of ether oxygens (including phenoxy) is 3. The zero-order valence-corrected chi connectivity index (χ0v) is 36.5. The summed E-state index contributed by atoms with van der Waals surface area (Å²) in [5.74, 6) is 4.12. The van der Waals surface area contributed by atoms with Crippen molar-refractivity contribution in [3.8, 4) is 42.9 Å². The topological polar surface area (TPSA) is 136 Å². The van der Waals surface area contributed by atoms with Gasteiger partial charge in [-0.15, -0.1) is 12.8 Å². The van der Waals surface area contributed by atoms with Crippen molar-refractivity contribution in [2.75, 3.05) is 31.2 Å². The fourth-order valence-electron chi connectivity index (χ4n) is 7.73. The molecule has 0 spiro atoms. The highest BCUT2D eigenvalue weighted by molar-refractivity contribution is 5.90. The van der Waals surface area contributed by atoms with Crippen molar-refractivity contribution < 1.29 is 23.8 Å². The summed E-state index contributed by atoms with van der Waals surface area (Å²) in [5, 5.41) is 29.5. The van der Waals surface area contributed by atoms with Crippen molar-refractivity contribution >= 4 is 23.7 Å². The second-order valence-corrected chi connectivity index (χ2v) is 16.3. The van der Waals surface area contributed by atoms with Gasteiger partial charge >= 0.3 is 11.9 Å². The summed E-state index contributed by atoms with van der Waals surface area (Å²) in [7, 11) is 0. The molecular formula is C56H46N4O5. The largest absolute Gasteiger partial charge is 0.474 e. The van der Waals surface area contributed by atoms with Gasteiger partial charge in [0.2, 0.25) is 0 Å². The minimum absolute atomic E-state index is 0.0161. The van der Waals surface area contributed by atoms with Crippen LogP contribution in [0.1, 0.15) is 76.6 Å². The third kappa shape index (κ3) is 11.5. The molecule has 0 aromatic heterocycles. The summed E-state index contributed by atoms with van der Waals surface area (Å²) >= 11 is 0. The van der Waals surface area contributed by atoms with Crippen molar-refractivity contribution in [1.82, 2.24) is 0 Å². The molecule has 0 saturated heterocycles. The van der Waals surface area contributed by atoms with E-state index in [1.54, 1.807) is 48.5 Å². The second kappa shape index (κ2) is 21.0. The average molecular weight is 855 g/mol. The molecule has 9 heteroatoms. The summed E-state index contributed by atoms with van der Waals surface area (Å²) in [6.07, 6.45) is 24.7. The normalized spacial score (nSPS) is 16.9. The zero-order chi connectivity index (χ0) is 46.4. The number of carbonyl (C=O) groups is 2. The fraction of sp³-hybridized carbons (Fsp3) is 0.196. The molecule has 4 aromatic carbocycles. The summed E-state index contributed by atoms with van der Waals surface area (Å²) in [6.45, 7) is 7.15. The van der Waals surface area contributed by atoms with Gasteiger partial charge in [0.05, 0.1) is 24.2 Å². The Labute approximate surface area is 381 Å². The van der Waals surface area contributed by atoms with Crippen molar-refractivity contribution in [1.29, 1.82) is 15.8 Å². The molecule has 1 unspecified atom stereocenters. The highest BCUT2D eigenvalue weighted by atomic mass is 16.5. The zero-order valence-electron chi connectivity index (χ0n) is 36.5. The molecule has 65 heavy (non-hydrogen) atoms. The van der Waals surface area contributed by atoms with Crippen LogP contribution in [0.2, 0.25) is 0 Å². The number of hydrogen-bond donors (Lipinski definition) is 0. The van der Waals surface area contributed by atoms with Crippen LogP contribution >= 0.6 is 0 Å². The molecule has 1 aliphatic heterocycles. The van der Waals surface area contributed by atoms with Crippen molar-refractivity contribution in [3.05, 3.63) is 201 Å². The van der Waals surface area contributed by atoms with Crippen LogP contribution < -0.4 is 4.90 Å². The predicted molar refractivity (Wildman–Crippen MR) is 251 cm³/mol. The van der Waals surface area contributed by atoms with Crippen LogP contribution in [0, 0.1) is 64.1 Å². The Balaban J connectivity index is 1.18. The first-order valence-corrected chi connectivity index (χ1v) is 20.9. The third-order valence-electron chi connectivity index (χ3n) is 11.0. The molecule has 1 aliphatic carbocycles. The molecule has 0 radical (unpaired) electrons. The first-order chi connectivity index (χ1) is 31.4. The minimum atomic E-state index is -1.09. The summed E-state index contributed by atoms with van der Waals surface area (Å²) in [6, 6.07) is 36.6. The number of hydrogen-bond acceptors (Lipinski definition) is 9. The van der Waals surface area contributed by atoms with Crippen molar-refractivity contribution in [2.45, 2.75) is 39.2 Å². The number of benzene rings is 4. The lowest BCUT2D eigenvalue weighted by molar-refractivity contribution is 0.0504. The van der Waals surface area contributed by atoms with Crippen LogP contribution in [0.3, 0.4) is 0 Å². The molecule has 0 N–H and O–H groups in total. The SMILES string of the molecule is C#Cc1ccc(C(=O)OCCN(CCOC(=O)c2ccc(C#C)cc2)c2ccc(/C=C/C3=CC(=C/C=C/C4=C(C#N)C(=C(C#N)C#N)OC4(C)c4ccccc4)/CC(C)(C)C3)cc2)cc1. The predicted octanol–water partition coefficient (Wildman–Crippen LogP) is 10.5. The highest BCUT2D eigenvalue weighted by Crippen LogP contribution is 2.47. The molecule has 2 aliphatic rings.